The average molecular weight is 294 g/mol. The second kappa shape index (κ2) is 8.57. The molecular formula is C17H30N2O2. The number of furan rings is 1. The van der Waals surface area contributed by atoms with Crippen molar-refractivity contribution in [3.05, 3.63) is 23.7 Å². The summed E-state index contributed by atoms with van der Waals surface area (Å²) in [7, 11) is 0. The van der Waals surface area contributed by atoms with E-state index in [2.05, 4.69) is 43.1 Å². The highest BCUT2D eigenvalue weighted by Crippen LogP contribution is 2.16. The first-order valence-electron chi connectivity index (χ1n) is 8.29. The van der Waals surface area contributed by atoms with E-state index in [1.807, 2.05) is 0 Å². The number of nitrogens with one attached hydrogen (secondary N) is 1. The van der Waals surface area contributed by atoms with Crippen LogP contribution in [0.2, 0.25) is 0 Å². The first kappa shape index (κ1) is 16.5. The summed E-state index contributed by atoms with van der Waals surface area (Å²) in [6.07, 6.45) is 2.81. The smallest absolute Gasteiger partial charge is 0.118 e. The van der Waals surface area contributed by atoms with Crippen LogP contribution in [0.1, 0.15) is 45.1 Å². The first-order chi connectivity index (χ1) is 10.2. The average Bonchev–Trinajstić information content (AvgIpc) is 3.09. The minimum Gasteiger partial charge on any atom is -0.463 e. The summed E-state index contributed by atoms with van der Waals surface area (Å²) < 4.78 is 11.6. The van der Waals surface area contributed by atoms with Gasteiger partial charge in [0.15, 0.2) is 0 Å². The second-order valence-electron chi connectivity index (χ2n) is 6.36. The van der Waals surface area contributed by atoms with Crippen LogP contribution >= 0.6 is 0 Å². The van der Waals surface area contributed by atoms with Gasteiger partial charge < -0.3 is 14.5 Å². The normalized spacial score (nSPS) is 19.0. The topological polar surface area (TPSA) is 37.6 Å². The van der Waals surface area contributed by atoms with Gasteiger partial charge in [-0.25, -0.2) is 0 Å². The zero-order valence-corrected chi connectivity index (χ0v) is 13.7. The van der Waals surface area contributed by atoms with Gasteiger partial charge in [-0.15, -0.1) is 0 Å². The van der Waals surface area contributed by atoms with Crippen LogP contribution in [0, 0.1) is 5.92 Å². The minimum atomic E-state index is 0.409. The van der Waals surface area contributed by atoms with Crippen LogP contribution in [0.15, 0.2) is 16.5 Å². The van der Waals surface area contributed by atoms with Gasteiger partial charge in [0.25, 0.3) is 0 Å². The molecule has 1 aliphatic heterocycles. The minimum absolute atomic E-state index is 0.409. The van der Waals surface area contributed by atoms with Crippen LogP contribution < -0.4 is 5.32 Å². The van der Waals surface area contributed by atoms with E-state index in [0.717, 1.165) is 50.9 Å². The maximum absolute atomic E-state index is 5.92. The van der Waals surface area contributed by atoms with Crippen LogP contribution in [-0.2, 0) is 17.8 Å². The molecule has 1 fully saturated rings. The molecule has 0 aliphatic carbocycles. The Kier molecular flexibility index (Phi) is 6.74. The molecule has 1 saturated heterocycles. The molecule has 1 atom stereocenters. The van der Waals surface area contributed by atoms with Crippen LogP contribution in [0.5, 0.6) is 0 Å². The zero-order valence-electron chi connectivity index (χ0n) is 13.7. The molecule has 4 heteroatoms. The first-order valence-corrected chi connectivity index (χ1v) is 8.29. The summed E-state index contributed by atoms with van der Waals surface area (Å²) in [5, 5.41) is 3.41. The summed E-state index contributed by atoms with van der Waals surface area (Å²) in [5.41, 5.74) is 0. The molecule has 0 aromatic carbocycles. The van der Waals surface area contributed by atoms with Gasteiger partial charge in [-0.1, -0.05) is 20.8 Å². The zero-order chi connectivity index (χ0) is 15.1. The van der Waals surface area contributed by atoms with Gasteiger partial charge in [0.05, 0.1) is 19.2 Å². The fourth-order valence-corrected chi connectivity index (χ4v) is 2.69. The van der Waals surface area contributed by atoms with E-state index >= 15 is 0 Å². The molecule has 1 unspecified atom stereocenters. The van der Waals surface area contributed by atoms with Crippen molar-refractivity contribution in [2.45, 2.75) is 52.8 Å². The quantitative estimate of drug-likeness (QED) is 0.759. The standard InChI is InChI=1S/C17H30N2O2/c1-4-19(12-16-6-5-9-20-16)13-17-8-7-15(21-17)11-18-10-14(2)3/h7-8,14,16,18H,4-6,9-13H2,1-3H3. The second-order valence-corrected chi connectivity index (χ2v) is 6.36. The van der Waals surface area contributed by atoms with Crippen molar-refractivity contribution in [2.75, 3.05) is 26.2 Å². The predicted molar refractivity (Wildman–Crippen MR) is 85.2 cm³/mol. The summed E-state index contributed by atoms with van der Waals surface area (Å²) in [6, 6.07) is 4.19. The van der Waals surface area contributed by atoms with E-state index in [1.54, 1.807) is 0 Å². The van der Waals surface area contributed by atoms with Gasteiger partial charge >= 0.3 is 0 Å². The molecule has 2 heterocycles. The van der Waals surface area contributed by atoms with Crippen molar-refractivity contribution in [3.63, 3.8) is 0 Å². The number of rotatable bonds is 9. The molecule has 0 saturated carbocycles. The molecule has 0 bridgehead atoms. The van der Waals surface area contributed by atoms with Crippen LogP contribution in [-0.4, -0.2) is 37.2 Å². The Morgan fingerprint density at radius 1 is 1.33 bits per heavy atom. The number of hydrogen-bond donors (Lipinski definition) is 1. The maximum atomic E-state index is 5.92. The van der Waals surface area contributed by atoms with E-state index in [4.69, 9.17) is 9.15 Å². The lowest BCUT2D eigenvalue weighted by molar-refractivity contribution is 0.0701. The van der Waals surface area contributed by atoms with Crippen LogP contribution in [0.3, 0.4) is 0 Å². The number of nitrogens with zero attached hydrogens (tertiary/aromatic N) is 1. The van der Waals surface area contributed by atoms with E-state index in [9.17, 15) is 0 Å². The fourth-order valence-electron chi connectivity index (χ4n) is 2.69. The Hall–Kier alpha value is -0.840. The maximum Gasteiger partial charge on any atom is 0.118 e. The summed E-state index contributed by atoms with van der Waals surface area (Å²) in [6.45, 7) is 12.3. The molecule has 4 nitrogen and oxygen atoms in total. The van der Waals surface area contributed by atoms with Gasteiger partial charge in [0.2, 0.25) is 0 Å². The van der Waals surface area contributed by atoms with Gasteiger partial charge in [-0.2, -0.15) is 0 Å². The van der Waals surface area contributed by atoms with Crippen molar-refractivity contribution in [2.24, 2.45) is 5.92 Å². The number of ether oxygens (including phenoxy) is 1. The predicted octanol–water partition coefficient (Wildman–Crippen LogP) is 3.03. The molecule has 0 spiro atoms. The van der Waals surface area contributed by atoms with Crippen molar-refractivity contribution in [1.29, 1.82) is 0 Å². The summed E-state index contributed by atoms with van der Waals surface area (Å²) in [4.78, 5) is 2.40. The van der Waals surface area contributed by atoms with E-state index in [-0.39, 0.29) is 0 Å². The highest BCUT2D eigenvalue weighted by Gasteiger charge is 2.19. The Labute approximate surface area is 128 Å². The molecule has 0 radical (unpaired) electrons. The third kappa shape index (κ3) is 5.81. The van der Waals surface area contributed by atoms with Gasteiger partial charge in [0.1, 0.15) is 11.5 Å². The Morgan fingerprint density at radius 3 is 2.81 bits per heavy atom. The van der Waals surface area contributed by atoms with Crippen LogP contribution in [0.4, 0.5) is 0 Å². The number of hydrogen-bond acceptors (Lipinski definition) is 4. The van der Waals surface area contributed by atoms with E-state index in [0.29, 0.717) is 12.0 Å². The molecule has 2 rings (SSSR count). The van der Waals surface area contributed by atoms with Gasteiger partial charge in [-0.3, -0.25) is 4.90 Å². The molecule has 1 N–H and O–H groups in total. The lowest BCUT2D eigenvalue weighted by Gasteiger charge is -2.22. The van der Waals surface area contributed by atoms with Crippen molar-refractivity contribution >= 4 is 0 Å². The lowest BCUT2D eigenvalue weighted by Crippen LogP contribution is -2.31. The van der Waals surface area contributed by atoms with Crippen molar-refractivity contribution in [3.8, 4) is 0 Å². The highest BCUT2D eigenvalue weighted by molar-refractivity contribution is 5.07. The SMILES string of the molecule is CCN(Cc1ccc(CNCC(C)C)o1)CC1CCCO1. The monoisotopic (exact) mass is 294 g/mol. The summed E-state index contributed by atoms with van der Waals surface area (Å²) >= 11 is 0. The van der Waals surface area contributed by atoms with Crippen molar-refractivity contribution < 1.29 is 9.15 Å². The largest absolute Gasteiger partial charge is 0.463 e. The van der Waals surface area contributed by atoms with Gasteiger partial charge in [-0.05, 0) is 44.0 Å². The third-order valence-electron chi connectivity index (χ3n) is 3.88. The lowest BCUT2D eigenvalue weighted by atomic mass is 10.2. The molecule has 21 heavy (non-hydrogen) atoms. The van der Waals surface area contributed by atoms with Crippen molar-refractivity contribution in [1.82, 2.24) is 10.2 Å². The fraction of sp³-hybridized carbons (Fsp3) is 0.765. The Balaban J connectivity index is 1.76. The Bertz CT molecular complexity index is 397. The molecule has 1 aliphatic rings. The molecular weight excluding hydrogens is 264 g/mol. The number of likely N-dealkylation sites (N-methyl/N-ethyl adjacent to an activating group) is 1. The van der Waals surface area contributed by atoms with E-state index in [1.165, 1.54) is 12.8 Å². The third-order valence-corrected chi connectivity index (χ3v) is 3.88. The van der Waals surface area contributed by atoms with E-state index < -0.39 is 0 Å². The molecule has 0 amide bonds. The molecule has 120 valence electrons. The molecule has 1 aromatic rings. The summed E-state index contributed by atoms with van der Waals surface area (Å²) in [5.74, 6) is 2.75. The highest BCUT2D eigenvalue weighted by atomic mass is 16.5. The van der Waals surface area contributed by atoms with Crippen LogP contribution in [0.25, 0.3) is 0 Å². The molecule has 1 aromatic heterocycles. The Morgan fingerprint density at radius 2 is 2.14 bits per heavy atom. The van der Waals surface area contributed by atoms with Gasteiger partial charge in [0, 0.05) is 13.2 Å².